The van der Waals surface area contributed by atoms with Crippen molar-refractivity contribution in [2.24, 2.45) is 5.73 Å². The van der Waals surface area contributed by atoms with E-state index in [-0.39, 0.29) is 30.7 Å². The molecule has 1 aromatic carbocycles. The molecule has 0 saturated heterocycles. The fourth-order valence-electron chi connectivity index (χ4n) is 1.38. The van der Waals surface area contributed by atoms with Crippen molar-refractivity contribution in [2.75, 3.05) is 5.32 Å². The number of halogens is 2. The molecule has 0 fully saturated rings. The number of rotatable bonds is 1. The Kier molecular flexibility index (Phi) is 5.58. The summed E-state index contributed by atoms with van der Waals surface area (Å²) in [6, 6.07) is 5.55. The molecular formula is C10H14Cl2N2O2. The van der Waals surface area contributed by atoms with Crippen LogP contribution >= 0.6 is 24.8 Å². The highest BCUT2D eigenvalue weighted by molar-refractivity contribution is 5.97. The normalized spacial score (nSPS) is 17.1. The van der Waals surface area contributed by atoms with Gasteiger partial charge in [-0.05, 0) is 24.6 Å². The predicted octanol–water partition coefficient (Wildman–Crippen LogP) is 1.71. The standard InChI is InChI=1S/C10H12N2O2.2ClH/c1-6-10(13)12-8-4-7(5-11)2-3-9(8)14-6;;/h2-4,6H,5,11H2,1H3,(H,12,13);2*1H/t6-;;/m1../s1. The molecule has 6 heteroatoms. The number of nitrogens with two attached hydrogens (primary N) is 1. The van der Waals surface area contributed by atoms with Crippen LogP contribution in [0, 0.1) is 0 Å². The van der Waals surface area contributed by atoms with Gasteiger partial charge in [0, 0.05) is 6.54 Å². The third-order valence-corrected chi connectivity index (χ3v) is 2.21. The van der Waals surface area contributed by atoms with E-state index in [1.165, 1.54) is 0 Å². The molecule has 1 heterocycles. The number of nitrogens with one attached hydrogen (secondary N) is 1. The van der Waals surface area contributed by atoms with Gasteiger partial charge in [0.05, 0.1) is 5.69 Å². The van der Waals surface area contributed by atoms with Gasteiger partial charge in [0.1, 0.15) is 5.75 Å². The zero-order valence-electron chi connectivity index (χ0n) is 8.73. The number of carbonyl (C=O) groups excluding carboxylic acids is 1. The molecule has 0 saturated carbocycles. The molecule has 4 nitrogen and oxygen atoms in total. The van der Waals surface area contributed by atoms with Gasteiger partial charge in [-0.1, -0.05) is 6.07 Å². The van der Waals surface area contributed by atoms with Gasteiger partial charge in [-0.25, -0.2) is 0 Å². The van der Waals surface area contributed by atoms with Gasteiger partial charge in [0.15, 0.2) is 6.10 Å². The molecule has 1 atom stereocenters. The first-order valence-electron chi connectivity index (χ1n) is 4.51. The van der Waals surface area contributed by atoms with Crippen LogP contribution in [0.2, 0.25) is 0 Å². The summed E-state index contributed by atoms with van der Waals surface area (Å²) in [7, 11) is 0. The number of ether oxygens (including phenoxy) is 1. The Morgan fingerprint density at radius 3 is 2.75 bits per heavy atom. The Hall–Kier alpha value is -0.970. The fraction of sp³-hybridized carbons (Fsp3) is 0.300. The Morgan fingerprint density at radius 1 is 1.44 bits per heavy atom. The monoisotopic (exact) mass is 264 g/mol. The lowest BCUT2D eigenvalue weighted by Gasteiger charge is -2.23. The summed E-state index contributed by atoms with van der Waals surface area (Å²) < 4.78 is 5.39. The molecule has 16 heavy (non-hydrogen) atoms. The first kappa shape index (κ1) is 15.0. The summed E-state index contributed by atoms with van der Waals surface area (Å²) in [5.41, 5.74) is 7.17. The highest BCUT2D eigenvalue weighted by atomic mass is 35.5. The maximum Gasteiger partial charge on any atom is 0.265 e. The second-order valence-electron chi connectivity index (χ2n) is 3.28. The van der Waals surface area contributed by atoms with Crippen molar-refractivity contribution >= 4 is 36.4 Å². The highest BCUT2D eigenvalue weighted by Crippen LogP contribution is 2.30. The van der Waals surface area contributed by atoms with Gasteiger partial charge in [-0.3, -0.25) is 4.79 Å². The van der Waals surface area contributed by atoms with Crippen molar-refractivity contribution in [2.45, 2.75) is 19.6 Å². The molecule has 0 unspecified atom stereocenters. The van der Waals surface area contributed by atoms with Crippen molar-refractivity contribution in [1.29, 1.82) is 0 Å². The summed E-state index contributed by atoms with van der Waals surface area (Å²) in [4.78, 5) is 11.3. The minimum Gasteiger partial charge on any atom is -0.479 e. The number of amides is 1. The lowest BCUT2D eigenvalue weighted by atomic mass is 10.1. The van der Waals surface area contributed by atoms with E-state index < -0.39 is 6.10 Å². The Labute approximate surface area is 106 Å². The number of hydrogen-bond acceptors (Lipinski definition) is 3. The van der Waals surface area contributed by atoms with Crippen LogP contribution in [0.25, 0.3) is 0 Å². The summed E-state index contributed by atoms with van der Waals surface area (Å²) in [5.74, 6) is 0.584. The van der Waals surface area contributed by atoms with E-state index in [2.05, 4.69) is 5.32 Å². The first-order valence-corrected chi connectivity index (χ1v) is 4.51. The molecule has 1 aromatic rings. The largest absolute Gasteiger partial charge is 0.479 e. The van der Waals surface area contributed by atoms with Crippen LogP contribution in [0.4, 0.5) is 5.69 Å². The van der Waals surface area contributed by atoms with Gasteiger partial charge in [-0.2, -0.15) is 0 Å². The van der Waals surface area contributed by atoms with Gasteiger partial charge < -0.3 is 15.8 Å². The Bertz CT molecular complexity index is 385. The van der Waals surface area contributed by atoms with Gasteiger partial charge in [0.25, 0.3) is 5.91 Å². The maximum absolute atomic E-state index is 11.3. The van der Waals surface area contributed by atoms with E-state index in [1.807, 2.05) is 18.2 Å². The van der Waals surface area contributed by atoms with Gasteiger partial charge >= 0.3 is 0 Å². The van der Waals surface area contributed by atoms with Crippen LogP contribution in [-0.4, -0.2) is 12.0 Å². The van der Waals surface area contributed by atoms with Crippen molar-refractivity contribution in [3.8, 4) is 5.75 Å². The smallest absolute Gasteiger partial charge is 0.265 e. The van der Waals surface area contributed by atoms with E-state index >= 15 is 0 Å². The van der Waals surface area contributed by atoms with E-state index in [1.54, 1.807) is 6.92 Å². The Balaban J connectivity index is 0.00000112. The molecular weight excluding hydrogens is 251 g/mol. The summed E-state index contributed by atoms with van der Waals surface area (Å²) in [6.07, 6.45) is -0.425. The summed E-state index contributed by atoms with van der Waals surface area (Å²) in [5, 5.41) is 2.76. The molecule has 0 spiro atoms. The lowest BCUT2D eigenvalue weighted by molar-refractivity contribution is -0.122. The Morgan fingerprint density at radius 2 is 2.12 bits per heavy atom. The molecule has 0 radical (unpaired) electrons. The van der Waals surface area contributed by atoms with E-state index in [0.717, 1.165) is 5.56 Å². The molecule has 0 aromatic heterocycles. The molecule has 0 aliphatic carbocycles. The zero-order valence-corrected chi connectivity index (χ0v) is 10.4. The predicted molar refractivity (Wildman–Crippen MR) is 67.5 cm³/mol. The molecule has 0 bridgehead atoms. The molecule has 1 aliphatic rings. The molecule has 3 N–H and O–H groups in total. The second kappa shape index (κ2) is 5.94. The quantitative estimate of drug-likeness (QED) is 0.812. The van der Waals surface area contributed by atoms with Crippen molar-refractivity contribution in [3.05, 3.63) is 23.8 Å². The summed E-state index contributed by atoms with van der Waals surface area (Å²) in [6.45, 7) is 2.17. The highest BCUT2D eigenvalue weighted by Gasteiger charge is 2.23. The molecule has 1 amide bonds. The maximum atomic E-state index is 11.3. The lowest BCUT2D eigenvalue weighted by Crippen LogP contribution is -2.34. The topological polar surface area (TPSA) is 64.3 Å². The van der Waals surface area contributed by atoms with Crippen LogP contribution in [0.1, 0.15) is 12.5 Å². The zero-order chi connectivity index (χ0) is 10.1. The van der Waals surface area contributed by atoms with Crippen molar-refractivity contribution in [3.63, 3.8) is 0 Å². The minimum atomic E-state index is -0.425. The third kappa shape index (κ3) is 2.78. The molecule has 1 aliphatic heterocycles. The average Bonchev–Trinajstić information content (AvgIpc) is 2.19. The number of fused-ring (bicyclic) bond motifs is 1. The molecule has 90 valence electrons. The molecule has 2 rings (SSSR count). The first-order chi connectivity index (χ1) is 6.70. The van der Waals surface area contributed by atoms with Gasteiger partial charge in [0.2, 0.25) is 0 Å². The van der Waals surface area contributed by atoms with Crippen LogP contribution in [0.5, 0.6) is 5.75 Å². The third-order valence-electron chi connectivity index (χ3n) is 2.21. The summed E-state index contributed by atoms with van der Waals surface area (Å²) >= 11 is 0. The van der Waals surface area contributed by atoms with Crippen LogP contribution in [0.3, 0.4) is 0 Å². The number of hydrogen-bond donors (Lipinski definition) is 2. The fourth-order valence-corrected chi connectivity index (χ4v) is 1.38. The average molecular weight is 265 g/mol. The van der Waals surface area contributed by atoms with E-state index in [4.69, 9.17) is 10.5 Å². The van der Waals surface area contributed by atoms with Crippen LogP contribution < -0.4 is 15.8 Å². The van der Waals surface area contributed by atoms with Gasteiger partial charge in [-0.15, -0.1) is 24.8 Å². The van der Waals surface area contributed by atoms with E-state index in [9.17, 15) is 4.79 Å². The van der Waals surface area contributed by atoms with Crippen molar-refractivity contribution in [1.82, 2.24) is 0 Å². The number of benzene rings is 1. The number of anilines is 1. The second-order valence-corrected chi connectivity index (χ2v) is 3.28. The van der Waals surface area contributed by atoms with Crippen molar-refractivity contribution < 1.29 is 9.53 Å². The van der Waals surface area contributed by atoms with Crippen LogP contribution in [-0.2, 0) is 11.3 Å². The van der Waals surface area contributed by atoms with Crippen LogP contribution in [0.15, 0.2) is 18.2 Å². The minimum absolute atomic E-state index is 0. The number of carbonyl (C=O) groups is 1. The van der Waals surface area contributed by atoms with E-state index in [0.29, 0.717) is 18.0 Å². The SMILES string of the molecule is C[C@H]1Oc2ccc(CN)cc2NC1=O.Cl.Cl.